The van der Waals surface area contributed by atoms with E-state index in [0.29, 0.717) is 17.7 Å². The molecule has 2 N–H and O–H groups in total. The van der Waals surface area contributed by atoms with E-state index in [1.807, 2.05) is 18.2 Å². The molecule has 0 aromatic heterocycles. The summed E-state index contributed by atoms with van der Waals surface area (Å²) in [5, 5.41) is 19.5. The van der Waals surface area contributed by atoms with Gasteiger partial charge in [-0.15, -0.1) is 0 Å². The third-order valence-corrected chi connectivity index (χ3v) is 3.07. The molecule has 1 aromatic rings. The van der Waals surface area contributed by atoms with Gasteiger partial charge in [-0.25, -0.2) is 0 Å². The van der Waals surface area contributed by atoms with Crippen molar-refractivity contribution < 1.29 is 15.0 Å². The van der Waals surface area contributed by atoms with Crippen LogP contribution in [0.4, 0.5) is 0 Å². The SMILES string of the molecule is CC(=O)SCCC(O)C(O)c1ccccc1. The Hall–Kier alpha value is -0.840. The van der Waals surface area contributed by atoms with Crippen molar-refractivity contribution in [3.05, 3.63) is 35.9 Å². The van der Waals surface area contributed by atoms with Gasteiger partial charge in [-0.05, 0) is 12.0 Å². The summed E-state index contributed by atoms with van der Waals surface area (Å²) in [6, 6.07) is 9.03. The van der Waals surface area contributed by atoms with Gasteiger partial charge in [0.1, 0.15) is 6.10 Å². The topological polar surface area (TPSA) is 57.5 Å². The summed E-state index contributed by atoms with van der Waals surface area (Å²) >= 11 is 1.16. The van der Waals surface area contributed by atoms with Crippen molar-refractivity contribution in [1.82, 2.24) is 0 Å². The molecule has 0 aliphatic rings. The molecule has 1 rings (SSSR count). The molecule has 0 aliphatic carbocycles. The Morgan fingerprint density at radius 1 is 1.31 bits per heavy atom. The van der Waals surface area contributed by atoms with Crippen LogP contribution in [0, 0.1) is 0 Å². The lowest BCUT2D eigenvalue weighted by Gasteiger charge is -2.17. The molecular weight excluding hydrogens is 224 g/mol. The number of rotatable bonds is 5. The Kier molecular flexibility index (Phi) is 5.52. The zero-order valence-electron chi connectivity index (χ0n) is 9.17. The Morgan fingerprint density at radius 2 is 1.94 bits per heavy atom. The molecule has 0 bridgehead atoms. The molecular formula is C12H16O3S. The smallest absolute Gasteiger partial charge is 0.185 e. The van der Waals surface area contributed by atoms with Crippen molar-refractivity contribution in [2.75, 3.05) is 5.75 Å². The predicted octanol–water partition coefficient (Wildman–Crippen LogP) is 1.75. The van der Waals surface area contributed by atoms with Crippen LogP contribution in [0.3, 0.4) is 0 Å². The second kappa shape index (κ2) is 6.68. The normalized spacial score (nSPS) is 14.4. The molecule has 88 valence electrons. The summed E-state index contributed by atoms with van der Waals surface area (Å²) in [4.78, 5) is 10.7. The number of aliphatic hydroxyl groups excluding tert-OH is 2. The molecule has 1 aromatic carbocycles. The predicted molar refractivity (Wildman–Crippen MR) is 65.2 cm³/mol. The molecule has 0 aliphatic heterocycles. The highest BCUT2D eigenvalue weighted by atomic mass is 32.2. The van der Waals surface area contributed by atoms with Crippen molar-refractivity contribution in [3.63, 3.8) is 0 Å². The van der Waals surface area contributed by atoms with Gasteiger partial charge in [0.25, 0.3) is 0 Å². The van der Waals surface area contributed by atoms with E-state index >= 15 is 0 Å². The van der Waals surface area contributed by atoms with E-state index in [1.54, 1.807) is 12.1 Å². The Morgan fingerprint density at radius 3 is 2.50 bits per heavy atom. The van der Waals surface area contributed by atoms with E-state index in [0.717, 1.165) is 11.8 Å². The molecule has 0 fully saturated rings. The highest BCUT2D eigenvalue weighted by Crippen LogP contribution is 2.19. The first-order valence-corrected chi connectivity index (χ1v) is 6.14. The maximum atomic E-state index is 10.7. The van der Waals surface area contributed by atoms with Crippen molar-refractivity contribution in [2.45, 2.75) is 25.6 Å². The lowest BCUT2D eigenvalue weighted by molar-refractivity contribution is -0.109. The van der Waals surface area contributed by atoms with Crippen LogP contribution in [0.15, 0.2) is 30.3 Å². The van der Waals surface area contributed by atoms with Crippen molar-refractivity contribution in [1.29, 1.82) is 0 Å². The first-order chi connectivity index (χ1) is 7.61. The summed E-state index contributed by atoms with van der Waals surface area (Å²) in [6.45, 7) is 1.49. The maximum Gasteiger partial charge on any atom is 0.185 e. The first-order valence-electron chi connectivity index (χ1n) is 5.15. The average Bonchev–Trinajstić information content (AvgIpc) is 2.28. The average molecular weight is 240 g/mol. The van der Waals surface area contributed by atoms with Crippen molar-refractivity contribution >= 4 is 16.9 Å². The molecule has 2 atom stereocenters. The highest BCUT2D eigenvalue weighted by molar-refractivity contribution is 8.13. The molecule has 0 saturated heterocycles. The fourth-order valence-electron chi connectivity index (χ4n) is 1.35. The molecule has 0 saturated carbocycles. The summed E-state index contributed by atoms with van der Waals surface area (Å²) in [5.74, 6) is 0.528. The minimum atomic E-state index is -0.881. The van der Waals surface area contributed by atoms with Crippen LogP contribution in [-0.2, 0) is 4.79 Å². The molecule has 0 heterocycles. The van der Waals surface area contributed by atoms with E-state index in [-0.39, 0.29) is 5.12 Å². The maximum absolute atomic E-state index is 10.7. The lowest BCUT2D eigenvalue weighted by atomic mass is 10.0. The van der Waals surface area contributed by atoms with Gasteiger partial charge < -0.3 is 10.2 Å². The Balaban J connectivity index is 2.42. The molecule has 2 unspecified atom stereocenters. The minimum absolute atomic E-state index is 0.0291. The first kappa shape index (κ1) is 13.2. The van der Waals surface area contributed by atoms with E-state index in [9.17, 15) is 15.0 Å². The molecule has 3 nitrogen and oxygen atoms in total. The summed E-state index contributed by atoms with van der Waals surface area (Å²) in [6.07, 6.45) is -1.30. The fraction of sp³-hybridized carbons (Fsp3) is 0.417. The fourth-order valence-corrected chi connectivity index (χ4v) is 2.00. The van der Waals surface area contributed by atoms with E-state index in [2.05, 4.69) is 0 Å². The Bertz CT molecular complexity index is 326. The molecule has 0 spiro atoms. The standard InChI is InChI=1S/C12H16O3S/c1-9(13)16-8-7-11(14)12(15)10-5-3-2-4-6-10/h2-6,11-12,14-15H,7-8H2,1H3. The lowest BCUT2D eigenvalue weighted by Crippen LogP contribution is -2.19. The van der Waals surface area contributed by atoms with Gasteiger partial charge in [-0.3, -0.25) is 4.79 Å². The number of aliphatic hydroxyl groups is 2. The van der Waals surface area contributed by atoms with Gasteiger partial charge in [-0.1, -0.05) is 42.1 Å². The van der Waals surface area contributed by atoms with Crippen LogP contribution >= 0.6 is 11.8 Å². The van der Waals surface area contributed by atoms with Crippen LogP contribution < -0.4 is 0 Å². The second-order valence-corrected chi connectivity index (χ2v) is 4.82. The zero-order chi connectivity index (χ0) is 12.0. The van der Waals surface area contributed by atoms with Gasteiger partial charge in [0.05, 0.1) is 6.10 Å². The van der Waals surface area contributed by atoms with Crippen molar-refractivity contribution in [2.24, 2.45) is 0 Å². The van der Waals surface area contributed by atoms with E-state index < -0.39 is 12.2 Å². The molecule has 0 amide bonds. The number of carbonyl (C=O) groups is 1. The van der Waals surface area contributed by atoms with Crippen LogP contribution in [0.5, 0.6) is 0 Å². The third kappa shape index (κ3) is 4.35. The van der Waals surface area contributed by atoms with Gasteiger partial charge in [-0.2, -0.15) is 0 Å². The number of hydrogen-bond acceptors (Lipinski definition) is 4. The summed E-state index contributed by atoms with van der Waals surface area (Å²) < 4.78 is 0. The summed E-state index contributed by atoms with van der Waals surface area (Å²) in [5.41, 5.74) is 0.697. The largest absolute Gasteiger partial charge is 0.390 e. The monoisotopic (exact) mass is 240 g/mol. The number of benzene rings is 1. The number of thioether (sulfide) groups is 1. The van der Waals surface area contributed by atoms with Crippen molar-refractivity contribution in [3.8, 4) is 0 Å². The minimum Gasteiger partial charge on any atom is -0.390 e. The van der Waals surface area contributed by atoms with Crippen LogP contribution in [0.25, 0.3) is 0 Å². The van der Waals surface area contributed by atoms with Crippen LogP contribution in [0.1, 0.15) is 25.0 Å². The quantitative estimate of drug-likeness (QED) is 0.823. The highest BCUT2D eigenvalue weighted by Gasteiger charge is 2.17. The van der Waals surface area contributed by atoms with E-state index in [1.165, 1.54) is 6.92 Å². The number of carbonyl (C=O) groups excluding carboxylic acids is 1. The molecule has 16 heavy (non-hydrogen) atoms. The van der Waals surface area contributed by atoms with Gasteiger partial charge in [0.2, 0.25) is 0 Å². The Labute approximate surface area is 99.5 Å². The zero-order valence-corrected chi connectivity index (χ0v) is 9.98. The van der Waals surface area contributed by atoms with Gasteiger partial charge in [0.15, 0.2) is 5.12 Å². The van der Waals surface area contributed by atoms with E-state index in [4.69, 9.17) is 0 Å². The molecule has 4 heteroatoms. The van der Waals surface area contributed by atoms with Gasteiger partial charge in [0, 0.05) is 12.7 Å². The van der Waals surface area contributed by atoms with Crippen LogP contribution in [-0.4, -0.2) is 27.2 Å². The molecule has 0 radical (unpaired) electrons. The number of hydrogen-bond donors (Lipinski definition) is 2. The second-order valence-electron chi connectivity index (χ2n) is 3.55. The van der Waals surface area contributed by atoms with Gasteiger partial charge >= 0.3 is 0 Å². The third-order valence-electron chi connectivity index (χ3n) is 2.22. The summed E-state index contributed by atoms with van der Waals surface area (Å²) in [7, 11) is 0. The van der Waals surface area contributed by atoms with Crippen LogP contribution in [0.2, 0.25) is 0 Å².